The van der Waals surface area contributed by atoms with Crippen LogP contribution in [0, 0.1) is 17.7 Å². The number of hydrogen-bond donors (Lipinski definition) is 2. The van der Waals surface area contributed by atoms with Crippen LogP contribution in [0.2, 0.25) is 0 Å². The number of carbonyl (C=O) groups is 1. The van der Waals surface area contributed by atoms with Crippen LogP contribution in [0.1, 0.15) is 18.0 Å². The van der Waals surface area contributed by atoms with Gasteiger partial charge in [-0.3, -0.25) is 4.79 Å². The molecule has 0 saturated heterocycles. The molecule has 4 nitrogen and oxygen atoms in total. The quantitative estimate of drug-likeness (QED) is 0.840. The molecule has 0 heterocycles. The first-order chi connectivity index (χ1) is 8.58. The van der Waals surface area contributed by atoms with Crippen molar-refractivity contribution >= 4 is 5.97 Å². The van der Waals surface area contributed by atoms with Crippen molar-refractivity contribution in [3.05, 3.63) is 29.6 Å². The fourth-order valence-corrected chi connectivity index (χ4v) is 2.37. The molecule has 98 valence electrons. The van der Waals surface area contributed by atoms with E-state index in [0.717, 1.165) is 5.56 Å². The van der Waals surface area contributed by atoms with Crippen molar-refractivity contribution in [1.29, 1.82) is 0 Å². The van der Waals surface area contributed by atoms with Crippen molar-refractivity contribution < 1.29 is 19.0 Å². The van der Waals surface area contributed by atoms with E-state index < -0.39 is 11.8 Å². The molecule has 2 N–H and O–H groups in total. The number of methoxy groups -OCH3 is 1. The number of halogens is 1. The van der Waals surface area contributed by atoms with Crippen molar-refractivity contribution in [2.75, 3.05) is 14.2 Å². The topological polar surface area (TPSA) is 58.6 Å². The molecule has 1 saturated carbocycles. The summed E-state index contributed by atoms with van der Waals surface area (Å²) >= 11 is 0. The summed E-state index contributed by atoms with van der Waals surface area (Å²) < 4.78 is 18.5. The molecule has 3 unspecified atom stereocenters. The van der Waals surface area contributed by atoms with Gasteiger partial charge in [0.25, 0.3) is 0 Å². The Bertz CT molecular complexity index is 464. The van der Waals surface area contributed by atoms with Gasteiger partial charge >= 0.3 is 5.97 Å². The summed E-state index contributed by atoms with van der Waals surface area (Å²) in [7, 11) is 3.17. The highest BCUT2D eigenvalue weighted by atomic mass is 19.1. The van der Waals surface area contributed by atoms with Gasteiger partial charge in [0.15, 0.2) is 11.6 Å². The van der Waals surface area contributed by atoms with Crippen LogP contribution in [0.15, 0.2) is 18.2 Å². The fourth-order valence-electron chi connectivity index (χ4n) is 2.37. The van der Waals surface area contributed by atoms with Crippen molar-refractivity contribution in [1.82, 2.24) is 5.32 Å². The minimum Gasteiger partial charge on any atom is -0.494 e. The second kappa shape index (κ2) is 4.94. The molecule has 0 radical (unpaired) electrons. The Morgan fingerprint density at radius 2 is 2.33 bits per heavy atom. The largest absolute Gasteiger partial charge is 0.494 e. The average molecular weight is 253 g/mol. The Morgan fingerprint density at radius 1 is 1.61 bits per heavy atom. The molecule has 0 aliphatic heterocycles. The summed E-state index contributed by atoms with van der Waals surface area (Å²) in [5, 5.41) is 12.0. The van der Waals surface area contributed by atoms with Crippen LogP contribution in [0.5, 0.6) is 5.75 Å². The molecule has 2 rings (SSSR count). The smallest absolute Gasteiger partial charge is 0.306 e. The van der Waals surface area contributed by atoms with Gasteiger partial charge in [-0.05, 0) is 37.1 Å². The number of benzene rings is 1. The molecule has 0 aromatic heterocycles. The zero-order valence-electron chi connectivity index (χ0n) is 10.3. The predicted octanol–water partition coefficient (Wildman–Crippen LogP) is 1.82. The first-order valence-corrected chi connectivity index (χ1v) is 5.82. The monoisotopic (exact) mass is 253 g/mol. The highest BCUT2D eigenvalue weighted by Crippen LogP contribution is 2.47. The van der Waals surface area contributed by atoms with E-state index in [1.807, 2.05) is 0 Å². The molecule has 3 atom stereocenters. The summed E-state index contributed by atoms with van der Waals surface area (Å²) in [5.41, 5.74) is 0.754. The zero-order chi connectivity index (χ0) is 13.3. The minimum absolute atomic E-state index is 0.0281. The maximum atomic E-state index is 13.6. The average Bonchev–Trinajstić information content (AvgIpc) is 3.11. The summed E-state index contributed by atoms with van der Waals surface area (Å²) in [5.74, 6) is -1.32. The van der Waals surface area contributed by atoms with Crippen molar-refractivity contribution in [2.24, 2.45) is 11.8 Å². The van der Waals surface area contributed by atoms with E-state index in [2.05, 4.69) is 5.32 Å². The Balaban J connectivity index is 2.19. The molecule has 1 aliphatic carbocycles. The van der Waals surface area contributed by atoms with Crippen LogP contribution in [-0.4, -0.2) is 25.2 Å². The fraction of sp³-hybridized carbons (Fsp3) is 0.462. The van der Waals surface area contributed by atoms with Crippen LogP contribution in [0.25, 0.3) is 0 Å². The number of nitrogens with one attached hydrogen (secondary N) is 1. The van der Waals surface area contributed by atoms with E-state index in [0.29, 0.717) is 6.42 Å². The number of carboxylic acids is 1. The van der Waals surface area contributed by atoms with Crippen molar-refractivity contribution in [3.8, 4) is 5.75 Å². The lowest BCUT2D eigenvalue weighted by Crippen LogP contribution is -2.20. The third kappa shape index (κ3) is 2.31. The highest BCUT2D eigenvalue weighted by molar-refractivity contribution is 5.73. The van der Waals surface area contributed by atoms with Gasteiger partial charge in [-0.1, -0.05) is 6.07 Å². The molecule has 1 aromatic carbocycles. The third-order valence-electron chi connectivity index (χ3n) is 3.43. The lowest BCUT2D eigenvalue weighted by molar-refractivity contribution is -0.138. The standard InChI is InChI=1S/C13H16FNO3/c1-15-12(8-6-9(8)13(16)17)7-3-4-11(18-2)10(14)5-7/h3-5,8-9,12,15H,6H2,1-2H3,(H,16,17). The summed E-state index contributed by atoms with van der Waals surface area (Å²) in [6, 6.07) is 4.59. The SMILES string of the molecule is CNC(c1ccc(OC)c(F)c1)C1CC1C(=O)O. The molecule has 0 amide bonds. The van der Waals surface area contributed by atoms with E-state index in [4.69, 9.17) is 9.84 Å². The molecule has 18 heavy (non-hydrogen) atoms. The van der Waals surface area contributed by atoms with E-state index in [-0.39, 0.29) is 23.6 Å². The molecule has 1 fully saturated rings. The maximum absolute atomic E-state index is 13.6. The van der Waals surface area contributed by atoms with E-state index in [1.54, 1.807) is 19.2 Å². The van der Waals surface area contributed by atoms with Crippen LogP contribution in [0.3, 0.4) is 0 Å². The van der Waals surface area contributed by atoms with Gasteiger partial charge < -0.3 is 15.2 Å². The first-order valence-electron chi connectivity index (χ1n) is 5.82. The van der Waals surface area contributed by atoms with Crippen LogP contribution in [-0.2, 0) is 4.79 Å². The molecule has 0 bridgehead atoms. The van der Waals surface area contributed by atoms with Gasteiger partial charge in [0, 0.05) is 6.04 Å². The molecule has 5 heteroatoms. The minimum atomic E-state index is -0.783. The van der Waals surface area contributed by atoms with Crippen molar-refractivity contribution in [3.63, 3.8) is 0 Å². The zero-order valence-corrected chi connectivity index (χ0v) is 10.3. The molecule has 1 aliphatic rings. The molecule has 0 spiro atoms. The predicted molar refractivity (Wildman–Crippen MR) is 64.0 cm³/mol. The number of aliphatic carboxylic acids is 1. The van der Waals surface area contributed by atoms with Crippen molar-refractivity contribution in [2.45, 2.75) is 12.5 Å². The van der Waals surface area contributed by atoms with Crippen LogP contribution >= 0.6 is 0 Å². The Morgan fingerprint density at radius 3 is 2.78 bits per heavy atom. The van der Waals surface area contributed by atoms with Gasteiger partial charge in [0.05, 0.1) is 13.0 Å². The third-order valence-corrected chi connectivity index (χ3v) is 3.43. The number of rotatable bonds is 5. The number of hydrogen-bond acceptors (Lipinski definition) is 3. The second-order valence-corrected chi connectivity index (χ2v) is 4.50. The maximum Gasteiger partial charge on any atom is 0.306 e. The Labute approximate surface area is 105 Å². The van der Waals surface area contributed by atoms with Crippen LogP contribution in [0.4, 0.5) is 4.39 Å². The molecular formula is C13H16FNO3. The normalized spacial score (nSPS) is 23.5. The summed E-state index contributed by atoms with van der Waals surface area (Å²) in [6.45, 7) is 0. The van der Waals surface area contributed by atoms with Gasteiger partial charge in [0.1, 0.15) is 0 Å². The first kappa shape index (κ1) is 12.8. The van der Waals surface area contributed by atoms with E-state index in [9.17, 15) is 9.18 Å². The Kier molecular flexibility index (Phi) is 3.52. The lowest BCUT2D eigenvalue weighted by atomic mass is 10.0. The van der Waals surface area contributed by atoms with Crippen LogP contribution < -0.4 is 10.1 Å². The second-order valence-electron chi connectivity index (χ2n) is 4.50. The van der Waals surface area contributed by atoms with Gasteiger partial charge in [-0.15, -0.1) is 0 Å². The van der Waals surface area contributed by atoms with Gasteiger partial charge in [0.2, 0.25) is 0 Å². The number of ether oxygens (including phenoxy) is 1. The van der Waals surface area contributed by atoms with Gasteiger partial charge in [-0.25, -0.2) is 4.39 Å². The molecule has 1 aromatic rings. The summed E-state index contributed by atoms with van der Waals surface area (Å²) in [4.78, 5) is 10.9. The lowest BCUT2D eigenvalue weighted by Gasteiger charge is -2.17. The van der Waals surface area contributed by atoms with E-state index in [1.165, 1.54) is 13.2 Å². The summed E-state index contributed by atoms with van der Waals surface area (Å²) in [6.07, 6.45) is 0.633. The van der Waals surface area contributed by atoms with E-state index >= 15 is 0 Å². The highest BCUT2D eigenvalue weighted by Gasteiger charge is 2.48. The number of carboxylic acid groups (broad SMARTS) is 1. The Hall–Kier alpha value is -1.62. The molecular weight excluding hydrogens is 237 g/mol. The van der Waals surface area contributed by atoms with Gasteiger partial charge in [-0.2, -0.15) is 0 Å².